The molecular formula is C18H13BrN2O4. The second-order valence-corrected chi connectivity index (χ2v) is 5.80. The first-order chi connectivity index (χ1) is 12.0. The van der Waals surface area contributed by atoms with Crippen LogP contribution in [0.4, 0.5) is 5.69 Å². The lowest BCUT2D eigenvalue weighted by atomic mass is 10.1. The van der Waals surface area contributed by atoms with Crippen LogP contribution >= 0.6 is 15.9 Å². The standard InChI is InChI=1S/C18H13BrN2O4/c19-14-3-5-15(6-4-14)21-18(24)13(10-20)9-12-1-7-16(8-2-12)25-11-17(22)23/h1-9H,11H2,(H,21,24)(H,22,23)/b13-9+. The topological polar surface area (TPSA) is 99.4 Å². The Bertz CT molecular complexity index is 837. The molecule has 25 heavy (non-hydrogen) atoms. The highest BCUT2D eigenvalue weighted by atomic mass is 79.9. The number of nitriles is 1. The summed E-state index contributed by atoms with van der Waals surface area (Å²) in [6, 6.07) is 15.2. The minimum Gasteiger partial charge on any atom is -0.482 e. The molecule has 0 bridgehead atoms. The van der Waals surface area contributed by atoms with Crippen LogP contribution in [0.2, 0.25) is 0 Å². The van der Waals surface area contributed by atoms with Crippen LogP contribution in [-0.4, -0.2) is 23.6 Å². The molecule has 2 rings (SSSR count). The molecule has 0 radical (unpaired) electrons. The van der Waals surface area contributed by atoms with Crippen LogP contribution in [-0.2, 0) is 9.59 Å². The first kappa shape index (κ1) is 18.2. The Morgan fingerprint density at radius 1 is 1.16 bits per heavy atom. The van der Waals surface area contributed by atoms with E-state index in [1.165, 1.54) is 6.08 Å². The van der Waals surface area contributed by atoms with Gasteiger partial charge in [-0.15, -0.1) is 0 Å². The maximum Gasteiger partial charge on any atom is 0.341 e. The number of carbonyl (C=O) groups is 2. The summed E-state index contributed by atoms with van der Waals surface area (Å²) in [5.41, 5.74) is 1.14. The molecule has 0 fully saturated rings. The molecule has 0 saturated heterocycles. The summed E-state index contributed by atoms with van der Waals surface area (Å²) >= 11 is 3.30. The summed E-state index contributed by atoms with van der Waals surface area (Å²) in [5.74, 6) is -1.20. The number of carboxylic acid groups (broad SMARTS) is 1. The van der Waals surface area contributed by atoms with Crippen molar-refractivity contribution in [1.29, 1.82) is 5.26 Å². The first-order valence-electron chi connectivity index (χ1n) is 7.11. The molecule has 126 valence electrons. The van der Waals surface area contributed by atoms with Crippen molar-refractivity contribution in [2.45, 2.75) is 0 Å². The average Bonchev–Trinajstić information content (AvgIpc) is 2.60. The number of halogens is 1. The fourth-order valence-corrected chi connectivity index (χ4v) is 2.12. The van der Waals surface area contributed by atoms with Crippen LogP contribution < -0.4 is 10.1 Å². The highest BCUT2D eigenvalue weighted by Gasteiger charge is 2.09. The van der Waals surface area contributed by atoms with Gasteiger partial charge in [0.05, 0.1) is 0 Å². The summed E-state index contributed by atoms with van der Waals surface area (Å²) in [7, 11) is 0. The zero-order chi connectivity index (χ0) is 18.2. The number of anilines is 1. The number of hydrogen-bond acceptors (Lipinski definition) is 4. The molecule has 0 unspecified atom stereocenters. The van der Waals surface area contributed by atoms with Crippen molar-refractivity contribution in [3.63, 3.8) is 0 Å². The van der Waals surface area contributed by atoms with Gasteiger partial charge in [0, 0.05) is 10.2 Å². The van der Waals surface area contributed by atoms with Crippen molar-refractivity contribution >= 4 is 39.6 Å². The van der Waals surface area contributed by atoms with E-state index in [0.29, 0.717) is 17.0 Å². The lowest BCUT2D eigenvalue weighted by Gasteiger charge is -2.05. The quantitative estimate of drug-likeness (QED) is 0.571. The molecule has 1 amide bonds. The van der Waals surface area contributed by atoms with Gasteiger partial charge >= 0.3 is 5.97 Å². The van der Waals surface area contributed by atoms with Gasteiger partial charge in [-0.3, -0.25) is 4.79 Å². The van der Waals surface area contributed by atoms with Gasteiger partial charge < -0.3 is 15.2 Å². The molecule has 0 spiro atoms. The van der Waals surface area contributed by atoms with Gasteiger partial charge in [-0.1, -0.05) is 28.1 Å². The predicted octanol–water partition coefficient (Wildman–Crippen LogP) is 3.46. The number of amides is 1. The molecule has 0 heterocycles. The fourth-order valence-electron chi connectivity index (χ4n) is 1.85. The fraction of sp³-hybridized carbons (Fsp3) is 0.0556. The van der Waals surface area contributed by atoms with Gasteiger partial charge in [0.25, 0.3) is 5.91 Å². The van der Waals surface area contributed by atoms with E-state index >= 15 is 0 Å². The third kappa shape index (κ3) is 5.79. The molecule has 0 aliphatic rings. The molecule has 0 aliphatic heterocycles. The summed E-state index contributed by atoms with van der Waals surface area (Å²) in [5, 5.41) is 20.4. The molecule has 2 aromatic carbocycles. The number of carbonyl (C=O) groups excluding carboxylic acids is 1. The number of benzene rings is 2. The van der Waals surface area contributed by atoms with Gasteiger partial charge in [-0.05, 0) is 48.0 Å². The summed E-state index contributed by atoms with van der Waals surface area (Å²) < 4.78 is 5.90. The highest BCUT2D eigenvalue weighted by Crippen LogP contribution is 2.17. The van der Waals surface area contributed by atoms with E-state index < -0.39 is 18.5 Å². The van der Waals surface area contributed by atoms with Crippen molar-refractivity contribution in [1.82, 2.24) is 0 Å². The summed E-state index contributed by atoms with van der Waals surface area (Å²) in [4.78, 5) is 22.6. The predicted molar refractivity (Wildman–Crippen MR) is 95.9 cm³/mol. The van der Waals surface area contributed by atoms with Crippen molar-refractivity contribution in [3.05, 3.63) is 64.1 Å². The molecule has 2 N–H and O–H groups in total. The second-order valence-electron chi connectivity index (χ2n) is 4.88. The molecule has 2 aromatic rings. The summed E-state index contributed by atoms with van der Waals surface area (Å²) in [6.07, 6.45) is 1.44. The van der Waals surface area contributed by atoms with Crippen LogP contribution in [0, 0.1) is 11.3 Å². The van der Waals surface area contributed by atoms with Crippen LogP contribution in [0.1, 0.15) is 5.56 Å². The zero-order valence-corrected chi connectivity index (χ0v) is 14.5. The number of nitrogens with zero attached hydrogens (tertiary/aromatic N) is 1. The minimum atomic E-state index is -1.07. The third-order valence-electron chi connectivity index (χ3n) is 3.02. The molecule has 0 aliphatic carbocycles. The third-order valence-corrected chi connectivity index (χ3v) is 3.55. The Labute approximate surface area is 152 Å². The van der Waals surface area contributed by atoms with E-state index in [-0.39, 0.29) is 5.57 Å². The van der Waals surface area contributed by atoms with E-state index in [4.69, 9.17) is 9.84 Å². The second kappa shape index (κ2) is 8.66. The zero-order valence-electron chi connectivity index (χ0n) is 12.9. The van der Waals surface area contributed by atoms with E-state index in [1.807, 2.05) is 6.07 Å². The number of nitrogens with one attached hydrogen (secondary N) is 1. The van der Waals surface area contributed by atoms with Crippen molar-refractivity contribution in [2.24, 2.45) is 0 Å². The monoisotopic (exact) mass is 400 g/mol. The maximum absolute atomic E-state index is 12.2. The van der Waals surface area contributed by atoms with Gasteiger partial charge in [0.1, 0.15) is 17.4 Å². The van der Waals surface area contributed by atoms with Crippen molar-refractivity contribution < 1.29 is 19.4 Å². The average molecular weight is 401 g/mol. The highest BCUT2D eigenvalue weighted by molar-refractivity contribution is 9.10. The Kier molecular flexibility index (Phi) is 6.32. The number of aliphatic carboxylic acids is 1. The Morgan fingerprint density at radius 2 is 1.80 bits per heavy atom. The van der Waals surface area contributed by atoms with Gasteiger partial charge in [-0.2, -0.15) is 5.26 Å². The summed E-state index contributed by atoms with van der Waals surface area (Å²) in [6.45, 7) is -0.436. The van der Waals surface area contributed by atoms with E-state index in [1.54, 1.807) is 48.5 Å². The molecule has 6 nitrogen and oxygen atoms in total. The minimum absolute atomic E-state index is 0.0536. The van der Waals surface area contributed by atoms with E-state index in [2.05, 4.69) is 21.2 Å². The van der Waals surface area contributed by atoms with Crippen LogP contribution in [0.15, 0.2) is 58.6 Å². The van der Waals surface area contributed by atoms with Crippen LogP contribution in [0.3, 0.4) is 0 Å². The molecule has 0 atom stereocenters. The first-order valence-corrected chi connectivity index (χ1v) is 7.90. The number of ether oxygens (including phenoxy) is 1. The van der Waals surface area contributed by atoms with E-state index in [0.717, 1.165) is 4.47 Å². The van der Waals surface area contributed by atoms with Crippen LogP contribution in [0.25, 0.3) is 6.08 Å². The van der Waals surface area contributed by atoms with Crippen molar-refractivity contribution in [3.8, 4) is 11.8 Å². The van der Waals surface area contributed by atoms with E-state index in [9.17, 15) is 14.9 Å². The lowest BCUT2D eigenvalue weighted by molar-refractivity contribution is -0.139. The van der Waals surface area contributed by atoms with Gasteiger partial charge in [0.2, 0.25) is 0 Å². The normalized spacial score (nSPS) is 10.6. The lowest BCUT2D eigenvalue weighted by Crippen LogP contribution is -2.13. The Balaban J connectivity index is 2.08. The Hall–Kier alpha value is -3.11. The van der Waals surface area contributed by atoms with Crippen molar-refractivity contribution in [2.75, 3.05) is 11.9 Å². The van der Waals surface area contributed by atoms with Gasteiger partial charge in [0.15, 0.2) is 6.61 Å². The number of carboxylic acids is 1. The molecular weight excluding hydrogens is 388 g/mol. The van der Waals surface area contributed by atoms with Gasteiger partial charge in [-0.25, -0.2) is 4.79 Å². The largest absolute Gasteiger partial charge is 0.482 e. The number of rotatable bonds is 6. The molecule has 0 aromatic heterocycles. The number of hydrogen-bond donors (Lipinski definition) is 2. The molecule has 7 heteroatoms. The smallest absolute Gasteiger partial charge is 0.341 e. The Morgan fingerprint density at radius 3 is 2.36 bits per heavy atom. The van der Waals surface area contributed by atoms with Crippen LogP contribution in [0.5, 0.6) is 5.75 Å². The molecule has 0 saturated carbocycles. The SMILES string of the molecule is N#C/C(=C\c1ccc(OCC(=O)O)cc1)C(=O)Nc1ccc(Br)cc1. The maximum atomic E-state index is 12.2.